The molecular weight excluding hydrogens is 266 g/mol. The van der Waals surface area contributed by atoms with E-state index in [0.717, 1.165) is 16.5 Å². The number of nitrogens with two attached hydrogens (primary N) is 1. The highest BCUT2D eigenvalue weighted by atomic mass is 16.5. The molecule has 106 valence electrons. The van der Waals surface area contributed by atoms with Crippen molar-refractivity contribution >= 4 is 22.6 Å². The molecule has 1 heterocycles. The standard InChI is InChI=1S/C17H15NO3/c1-2-20-17(19)16-15(18)13-10-12(8-9-14(13)21-16)11-6-4-3-5-7-11/h3-10H,2,18H2,1H3. The summed E-state index contributed by atoms with van der Waals surface area (Å²) in [5.41, 5.74) is 9.02. The monoisotopic (exact) mass is 281 g/mol. The van der Waals surface area contributed by atoms with Gasteiger partial charge in [0.15, 0.2) is 0 Å². The van der Waals surface area contributed by atoms with E-state index in [2.05, 4.69) is 0 Å². The highest BCUT2D eigenvalue weighted by Crippen LogP contribution is 2.32. The third kappa shape index (κ3) is 2.36. The van der Waals surface area contributed by atoms with E-state index in [-0.39, 0.29) is 12.4 Å². The molecule has 0 unspecified atom stereocenters. The first-order valence-corrected chi connectivity index (χ1v) is 6.75. The van der Waals surface area contributed by atoms with Crippen molar-refractivity contribution in [1.82, 2.24) is 0 Å². The maximum Gasteiger partial charge on any atom is 0.376 e. The third-order valence-electron chi connectivity index (χ3n) is 3.29. The number of rotatable bonds is 3. The number of hydrogen-bond acceptors (Lipinski definition) is 4. The third-order valence-corrected chi connectivity index (χ3v) is 3.29. The van der Waals surface area contributed by atoms with Gasteiger partial charge in [0.25, 0.3) is 0 Å². The van der Waals surface area contributed by atoms with Crippen molar-refractivity contribution < 1.29 is 13.9 Å². The van der Waals surface area contributed by atoms with E-state index >= 15 is 0 Å². The molecule has 3 rings (SSSR count). The van der Waals surface area contributed by atoms with Gasteiger partial charge in [-0.05, 0) is 30.2 Å². The quantitative estimate of drug-likeness (QED) is 0.740. The number of hydrogen-bond donors (Lipinski definition) is 1. The number of anilines is 1. The number of carbonyl (C=O) groups is 1. The van der Waals surface area contributed by atoms with Crippen molar-refractivity contribution in [2.75, 3.05) is 12.3 Å². The van der Waals surface area contributed by atoms with Crippen LogP contribution in [-0.2, 0) is 4.74 Å². The van der Waals surface area contributed by atoms with E-state index in [1.807, 2.05) is 48.5 Å². The summed E-state index contributed by atoms with van der Waals surface area (Å²) in [5.74, 6) is -0.468. The van der Waals surface area contributed by atoms with Crippen LogP contribution in [0, 0.1) is 0 Å². The lowest BCUT2D eigenvalue weighted by atomic mass is 10.0. The summed E-state index contributed by atoms with van der Waals surface area (Å²) in [5, 5.41) is 0.722. The lowest BCUT2D eigenvalue weighted by Crippen LogP contribution is -2.05. The molecule has 3 aromatic rings. The highest BCUT2D eigenvalue weighted by Gasteiger charge is 2.19. The van der Waals surface area contributed by atoms with Crippen LogP contribution in [0.2, 0.25) is 0 Å². The van der Waals surface area contributed by atoms with E-state index in [0.29, 0.717) is 11.3 Å². The van der Waals surface area contributed by atoms with Gasteiger partial charge in [0, 0.05) is 5.39 Å². The summed E-state index contributed by atoms with van der Waals surface area (Å²) in [6, 6.07) is 15.6. The molecule has 0 radical (unpaired) electrons. The van der Waals surface area contributed by atoms with E-state index in [9.17, 15) is 4.79 Å². The van der Waals surface area contributed by atoms with Crippen molar-refractivity contribution in [3.05, 3.63) is 54.3 Å². The maximum absolute atomic E-state index is 11.8. The Bertz CT molecular complexity index is 790. The molecule has 0 aliphatic heterocycles. The van der Waals surface area contributed by atoms with Crippen molar-refractivity contribution in [2.45, 2.75) is 6.92 Å². The van der Waals surface area contributed by atoms with Gasteiger partial charge in [-0.25, -0.2) is 4.79 Å². The summed E-state index contributed by atoms with van der Waals surface area (Å²) in [6.45, 7) is 2.02. The summed E-state index contributed by atoms with van der Waals surface area (Å²) >= 11 is 0. The minimum absolute atomic E-state index is 0.0667. The van der Waals surface area contributed by atoms with Crippen molar-refractivity contribution in [1.29, 1.82) is 0 Å². The zero-order valence-corrected chi connectivity index (χ0v) is 11.6. The van der Waals surface area contributed by atoms with Crippen molar-refractivity contribution in [2.24, 2.45) is 0 Å². The van der Waals surface area contributed by atoms with Gasteiger partial charge >= 0.3 is 5.97 Å². The Kier molecular flexibility index (Phi) is 3.36. The number of carbonyl (C=O) groups excluding carboxylic acids is 1. The first kappa shape index (κ1) is 13.2. The first-order valence-electron chi connectivity index (χ1n) is 6.75. The molecule has 2 aromatic carbocycles. The van der Waals surface area contributed by atoms with Crippen LogP contribution < -0.4 is 5.73 Å². The molecule has 0 atom stereocenters. The van der Waals surface area contributed by atoms with Crippen molar-refractivity contribution in [3.63, 3.8) is 0 Å². The molecule has 0 amide bonds. The van der Waals surface area contributed by atoms with Crippen LogP contribution in [0.3, 0.4) is 0 Å². The highest BCUT2D eigenvalue weighted by molar-refractivity contribution is 6.04. The SMILES string of the molecule is CCOC(=O)c1oc2ccc(-c3ccccc3)cc2c1N. The smallest absolute Gasteiger partial charge is 0.376 e. The lowest BCUT2D eigenvalue weighted by Gasteiger charge is -2.01. The number of nitrogen functional groups attached to an aromatic ring is 1. The molecule has 0 fully saturated rings. The molecule has 0 aliphatic carbocycles. The maximum atomic E-state index is 11.8. The molecule has 0 aliphatic rings. The topological polar surface area (TPSA) is 65.5 Å². The Morgan fingerprint density at radius 1 is 1.14 bits per heavy atom. The summed E-state index contributed by atoms with van der Waals surface area (Å²) in [6.07, 6.45) is 0. The molecule has 0 saturated heterocycles. The van der Waals surface area contributed by atoms with Crippen LogP contribution >= 0.6 is 0 Å². The van der Waals surface area contributed by atoms with Gasteiger partial charge in [-0.2, -0.15) is 0 Å². The summed E-state index contributed by atoms with van der Waals surface area (Å²) in [4.78, 5) is 11.8. The second kappa shape index (κ2) is 5.32. The van der Waals surface area contributed by atoms with Crippen LogP contribution in [0.5, 0.6) is 0 Å². The predicted octanol–water partition coefficient (Wildman–Crippen LogP) is 3.86. The van der Waals surface area contributed by atoms with Gasteiger partial charge in [-0.1, -0.05) is 36.4 Å². The largest absolute Gasteiger partial charge is 0.460 e. The van der Waals surface area contributed by atoms with Crippen LogP contribution in [0.4, 0.5) is 5.69 Å². The van der Waals surface area contributed by atoms with Crippen LogP contribution in [-0.4, -0.2) is 12.6 Å². The second-order valence-corrected chi connectivity index (χ2v) is 4.64. The molecular formula is C17H15NO3. The molecule has 21 heavy (non-hydrogen) atoms. The first-order chi connectivity index (χ1) is 10.2. The fourth-order valence-corrected chi connectivity index (χ4v) is 2.28. The fraction of sp³-hybridized carbons (Fsp3) is 0.118. The average Bonchev–Trinajstić information content (AvgIpc) is 2.85. The number of fused-ring (bicyclic) bond motifs is 1. The minimum Gasteiger partial charge on any atom is -0.460 e. The van der Waals surface area contributed by atoms with Crippen LogP contribution in [0.25, 0.3) is 22.1 Å². The zero-order chi connectivity index (χ0) is 14.8. The lowest BCUT2D eigenvalue weighted by molar-refractivity contribution is 0.0494. The molecule has 0 saturated carbocycles. The normalized spacial score (nSPS) is 10.7. The predicted molar refractivity (Wildman–Crippen MR) is 82.0 cm³/mol. The number of benzene rings is 2. The Hall–Kier alpha value is -2.75. The van der Waals surface area contributed by atoms with E-state index < -0.39 is 5.97 Å². The van der Waals surface area contributed by atoms with Gasteiger partial charge in [0.1, 0.15) is 5.58 Å². The molecule has 4 heteroatoms. The summed E-state index contributed by atoms with van der Waals surface area (Å²) < 4.78 is 10.4. The van der Waals surface area contributed by atoms with E-state index in [1.165, 1.54) is 0 Å². The Morgan fingerprint density at radius 3 is 2.62 bits per heavy atom. The van der Waals surface area contributed by atoms with E-state index in [1.54, 1.807) is 6.92 Å². The van der Waals surface area contributed by atoms with Crippen LogP contribution in [0.1, 0.15) is 17.5 Å². The van der Waals surface area contributed by atoms with Gasteiger partial charge < -0.3 is 14.9 Å². The van der Waals surface area contributed by atoms with E-state index in [4.69, 9.17) is 14.9 Å². The molecule has 2 N–H and O–H groups in total. The Morgan fingerprint density at radius 2 is 1.90 bits per heavy atom. The fourth-order valence-electron chi connectivity index (χ4n) is 2.28. The van der Waals surface area contributed by atoms with Gasteiger partial charge in [-0.15, -0.1) is 0 Å². The molecule has 4 nitrogen and oxygen atoms in total. The van der Waals surface area contributed by atoms with Gasteiger partial charge in [0.2, 0.25) is 5.76 Å². The molecule has 1 aromatic heterocycles. The Labute approximate surface area is 122 Å². The van der Waals surface area contributed by atoms with Gasteiger partial charge in [-0.3, -0.25) is 0 Å². The molecule has 0 bridgehead atoms. The number of ether oxygens (including phenoxy) is 1. The second-order valence-electron chi connectivity index (χ2n) is 4.64. The zero-order valence-electron chi connectivity index (χ0n) is 11.6. The van der Waals surface area contributed by atoms with Crippen LogP contribution in [0.15, 0.2) is 52.9 Å². The van der Waals surface area contributed by atoms with Gasteiger partial charge in [0.05, 0.1) is 12.3 Å². The average molecular weight is 281 g/mol. The van der Waals surface area contributed by atoms with Crippen molar-refractivity contribution in [3.8, 4) is 11.1 Å². The number of furan rings is 1. The summed E-state index contributed by atoms with van der Waals surface area (Å²) in [7, 11) is 0. The Balaban J connectivity index is 2.10. The minimum atomic E-state index is -0.535. The number of esters is 1. The molecule has 0 spiro atoms.